The van der Waals surface area contributed by atoms with Gasteiger partial charge in [-0.25, -0.2) is 0 Å². The predicted octanol–water partition coefficient (Wildman–Crippen LogP) is 2.93. The molecule has 6 heteroatoms. The number of carbonyl (C=O) groups is 1. The van der Waals surface area contributed by atoms with Crippen LogP contribution in [0.5, 0.6) is 5.75 Å². The molecule has 0 radical (unpaired) electrons. The first-order valence-corrected chi connectivity index (χ1v) is 11.3. The highest BCUT2D eigenvalue weighted by molar-refractivity contribution is 5.77. The van der Waals surface area contributed by atoms with Gasteiger partial charge in [0.25, 0.3) is 0 Å². The van der Waals surface area contributed by atoms with Crippen LogP contribution in [0, 0.1) is 13.8 Å². The van der Waals surface area contributed by atoms with Crippen molar-refractivity contribution in [3.8, 4) is 5.75 Å². The predicted molar refractivity (Wildman–Crippen MR) is 118 cm³/mol. The van der Waals surface area contributed by atoms with Gasteiger partial charge in [0.2, 0.25) is 5.91 Å². The molecule has 1 saturated carbocycles. The lowest BCUT2D eigenvalue weighted by Gasteiger charge is -2.36. The van der Waals surface area contributed by atoms with Crippen LogP contribution in [0.15, 0.2) is 18.2 Å². The Bertz CT molecular complexity index is 702. The van der Waals surface area contributed by atoms with Crippen LogP contribution in [0.1, 0.15) is 49.7 Å². The number of rotatable bonds is 6. The average Bonchev–Trinajstić information content (AvgIpc) is 3.09. The average molecular weight is 419 g/mol. The van der Waals surface area contributed by atoms with Gasteiger partial charge in [0.05, 0.1) is 6.54 Å². The van der Waals surface area contributed by atoms with E-state index in [1.807, 2.05) is 18.2 Å². The molecule has 0 aromatic heterocycles. The molecule has 0 unspecified atom stereocenters. The van der Waals surface area contributed by atoms with Crippen molar-refractivity contribution in [2.24, 2.45) is 0 Å². The molecule has 1 amide bonds. The highest BCUT2D eigenvalue weighted by Crippen LogP contribution is 2.26. The van der Waals surface area contributed by atoms with Gasteiger partial charge in [0.15, 0.2) is 0 Å². The summed E-state index contributed by atoms with van der Waals surface area (Å²) in [4.78, 5) is 16.7. The molecule has 1 aliphatic carbocycles. The molecule has 2 fully saturated rings. The SMILES string of the molecule is COCC(=O)N1CCN(C2CCCCCC2)C[C@@](O)(COc2ccc(C)c(C)c2)C1. The van der Waals surface area contributed by atoms with E-state index in [1.54, 1.807) is 4.90 Å². The maximum Gasteiger partial charge on any atom is 0.248 e. The molecule has 1 aromatic carbocycles. The van der Waals surface area contributed by atoms with Gasteiger partial charge in [0, 0.05) is 32.8 Å². The first-order chi connectivity index (χ1) is 14.4. The lowest BCUT2D eigenvalue weighted by atomic mass is 10.0. The second kappa shape index (κ2) is 10.6. The van der Waals surface area contributed by atoms with Crippen molar-refractivity contribution < 1.29 is 19.4 Å². The Balaban J connectivity index is 1.75. The van der Waals surface area contributed by atoms with Crippen LogP contribution in [0.3, 0.4) is 0 Å². The molecule has 0 spiro atoms. The van der Waals surface area contributed by atoms with Crippen LogP contribution in [-0.4, -0.2) is 79.0 Å². The Hall–Kier alpha value is -1.63. The molecule has 1 atom stereocenters. The first-order valence-electron chi connectivity index (χ1n) is 11.3. The highest BCUT2D eigenvalue weighted by atomic mass is 16.5. The monoisotopic (exact) mass is 418 g/mol. The fraction of sp³-hybridized carbons (Fsp3) is 0.708. The van der Waals surface area contributed by atoms with Crippen molar-refractivity contribution in [2.45, 2.75) is 64.0 Å². The number of β-amino-alcohol motifs (C(OH)–C–C–N with tert-alkyl or cyclic N) is 1. The molecule has 168 valence electrons. The summed E-state index contributed by atoms with van der Waals surface area (Å²) in [5.41, 5.74) is 1.26. The summed E-state index contributed by atoms with van der Waals surface area (Å²) in [6.07, 6.45) is 7.40. The Morgan fingerprint density at radius 2 is 1.83 bits per heavy atom. The van der Waals surface area contributed by atoms with Crippen LogP contribution in [0.2, 0.25) is 0 Å². The van der Waals surface area contributed by atoms with Gasteiger partial charge in [-0.1, -0.05) is 31.7 Å². The molecule has 1 N–H and O–H groups in total. The summed E-state index contributed by atoms with van der Waals surface area (Å²) >= 11 is 0. The molecule has 0 bridgehead atoms. The number of aliphatic hydroxyl groups is 1. The van der Waals surface area contributed by atoms with E-state index in [0.717, 1.165) is 17.9 Å². The van der Waals surface area contributed by atoms with E-state index in [-0.39, 0.29) is 25.7 Å². The normalized spacial score (nSPS) is 24.3. The smallest absolute Gasteiger partial charge is 0.248 e. The third-order valence-corrected chi connectivity index (χ3v) is 6.59. The summed E-state index contributed by atoms with van der Waals surface area (Å²) in [5.74, 6) is 0.677. The fourth-order valence-electron chi connectivity index (χ4n) is 4.67. The lowest BCUT2D eigenvalue weighted by Crippen LogP contribution is -2.53. The minimum absolute atomic E-state index is 0.0392. The molecule has 1 aromatic rings. The molecular weight excluding hydrogens is 380 g/mol. The summed E-state index contributed by atoms with van der Waals surface area (Å²) in [6.45, 7) is 6.52. The van der Waals surface area contributed by atoms with Gasteiger partial charge in [-0.3, -0.25) is 9.69 Å². The van der Waals surface area contributed by atoms with E-state index in [4.69, 9.17) is 9.47 Å². The van der Waals surface area contributed by atoms with Crippen LogP contribution >= 0.6 is 0 Å². The van der Waals surface area contributed by atoms with Gasteiger partial charge in [-0.15, -0.1) is 0 Å². The second-order valence-electron chi connectivity index (χ2n) is 9.12. The number of nitrogens with zero attached hydrogens (tertiary/aromatic N) is 2. The molecule has 1 heterocycles. The quantitative estimate of drug-likeness (QED) is 0.720. The minimum atomic E-state index is -1.12. The number of methoxy groups -OCH3 is 1. The van der Waals surface area contributed by atoms with Crippen molar-refractivity contribution >= 4 is 5.91 Å². The third-order valence-electron chi connectivity index (χ3n) is 6.59. The molecule has 30 heavy (non-hydrogen) atoms. The Morgan fingerprint density at radius 3 is 2.50 bits per heavy atom. The maximum atomic E-state index is 12.6. The number of ether oxygens (including phenoxy) is 2. The van der Waals surface area contributed by atoms with Gasteiger partial charge in [0.1, 0.15) is 24.6 Å². The molecule has 2 aliphatic rings. The zero-order valence-corrected chi connectivity index (χ0v) is 18.9. The highest BCUT2D eigenvalue weighted by Gasteiger charge is 2.39. The largest absolute Gasteiger partial charge is 0.490 e. The van der Waals surface area contributed by atoms with Gasteiger partial charge >= 0.3 is 0 Å². The number of hydrogen-bond donors (Lipinski definition) is 1. The summed E-state index contributed by atoms with van der Waals surface area (Å²) in [5, 5.41) is 11.6. The van der Waals surface area contributed by atoms with Crippen LogP contribution in [0.25, 0.3) is 0 Å². The molecule has 3 rings (SSSR count). The van der Waals surface area contributed by atoms with Crippen molar-refractivity contribution in [3.63, 3.8) is 0 Å². The number of amides is 1. The molecule has 1 aliphatic heterocycles. The Kier molecular flexibility index (Phi) is 8.14. The van der Waals surface area contributed by atoms with E-state index < -0.39 is 5.60 Å². The van der Waals surface area contributed by atoms with Crippen molar-refractivity contribution in [3.05, 3.63) is 29.3 Å². The van der Waals surface area contributed by atoms with E-state index in [1.165, 1.54) is 51.2 Å². The number of carbonyl (C=O) groups excluding carboxylic acids is 1. The van der Waals surface area contributed by atoms with Gasteiger partial charge in [-0.2, -0.15) is 0 Å². The van der Waals surface area contributed by atoms with E-state index in [9.17, 15) is 9.90 Å². The van der Waals surface area contributed by atoms with Crippen molar-refractivity contribution in [1.29, 1.82) is 0 Å². The van der Waals surface area contributed by atoms with E-state index in [0.29, 0.717) is 19.1 Å². The second-order valence-corrected chi connectivity index (χ2v) is 9.12. The number of benzene rings is 1. The maximum absolute atomic E-state index is 12.6. The van der Waals surface area contributed by atoms with Crippen molar-refractivity contribution in [1.82, 2.24) is 9.80 Å². The Morgan fingerprint density at radius 1 is 1.10 bits per heavy atom. The zero-order valence-electron chi connectivity index (χ0n) is 18.9. The summed E-state index contributed by atoms with van der Waals surface area (Å²) in [7, 11) is 1.53. The Labute approximate surface area is 181 Å². The molecule has 1 saturated heterocycles. The zero-order chi connectivity index (χ0) is 21.6. The minimum Gasteiger partial charge on any atom is -0.490 e. The molecule has 6 nitrogen and oxygen atoms in total. The first kappa shape index (κ1) is 23.0. The van der Waals surface area contributed by atoms with Gasteiger partial charge in [-0.05, 0) is 49.9 Å². The van der Waals surface area contributed by atoms with Crippen LogP contribution in [0.4, 0.5) is 0 Å². The topological polar surface area (TPSA) is 62.2 Å². The lowest BCUT2D eigenvalue weighted by molar-refractivity contribution is -0.138. The standard InChI is InChI=1S/C24H38N2O4/c1-19-10-11-22(14-20(19)2)30-18-24(28)16-25(21-8-6-4-5-7-9-21)12-13-26(17-24)23(27)15-29-3/h10-11,14,21,28H,4-9,12-13,15-18H2,1-3H3/t24-/m0/s1. The number of aryl methyl sites for hydroxylation is 2. The number of hydrogen-bond acceptors (Lipinski definition) is 5. The molecular formula is C24H38N2O4. The summed E-state index contributed by atoms with van der Waals surface area (Å²) in [6, 6.07) is 6.46. The summed E-state index contributed by atoms with van der Waals surface area (Å²) < 4.78 is 11.1. The van der Waals surface area contributed by atoms with E-state index >= 15 is 0 Å². The van der Waals surface area contributed by atoms with Crippen molar-refractivity contribution in [2.75, 3.05) is 46.5 Å². The van der Waals surface area contributed by atoms with E-state index in [2.05, 4.69) is 18.7 Å². The van der Waals surface area contributed by atoms with Gasteiger partial charge < -0.3 is 19.5 Å². The fourth-order valence-corrected chi connectivity index (χ4v) is 4.67. The van der Waals surface area contributed by atoms with Crippen LogP contribution in [-0.2, 0) is 9.53 Å². The van der Waals surface area contributed by atoms with Crippen LogP contribution < -0.4 is 4.74 Å². The third kappa shape index (κ3) is 6.19.